The SMILES string of the molecule is Cc1ccc(C(N)c2cc(Br)cc(Br)c2)c(C)c1. The zero-order valence-electron chi connectivity index (χ0n) is 10.4. The molecule has 1 atom stereocenters. The quantitative estimate of drug-likeness (QED) is 0.803. The molecule has 2 rings (SSSR count). The number of benzene rings is 2. The lowest BCUT2D eigenvalue weighted by molar-refractivity contribution is 0.859. The van der Waals surface area contributed by atoms with Gasteiger partial charge >= 0.3 is 0 Å². The van der Waals surface area contributed by atoms with E-state index in [2.05, 4.69) is 76.0 Å². The van der Waals surface area contributed by atoms with Gasteiger partial charge in [0.15, 0.2) is 0 Å². The molecular formula is C15H15Br2N. The number of nitrogens with two attached hydrogens (primary N) is 1. The Hall–Kier alpha value is -0.640. The Morgan fingerprint density at radius 2 is 1.56 bits per heavy atom. The van der Waals surface area contributed by atoms with Crippen molar-refractivity contribution in [1.82, 2.24) is 0 Å². The summed E-state index contributed by atoms with van der Waals surface area (Å²) < 4.78 is 2.07. The van der Waals surface area contributed by atoms with Crippen molar-refractivity contribution in [2.75, 3.05) is 0 Å². The second kappa shape index (κ2) is 5.55. The molecule has 0 heterocycles. The van der Waals surface area contributed by atoms with E-state index in [1.54, 1.807) is 0 Å². The minimum Gasteiger partial charge on any atom is -0.320 e. The first-order chi connectivity index (χ1) is 8.47. The van der Waals surface area contributed by atoms with Gasteiger partial charge in [-0.2, -0.15) is 0 Å². The third-order valence-electron chi connectivity index (χ3n) is 3.00. The molecule has 0 bridgehead atoms. The van der Waals surface area contributed by atoms with Crippen molar-refractivity contribution in [3.63, 3.8) is 0 Å². The van der Waals surface area contributed by atoms with E-state index in [0.29, 0.717) is 0 Å². The highest BCUT2D eigenvalue weighted by atomic mass is 79.9. The van der Waals surface area contributed by atoms with Crippen molar-refractivity contribution in [2.45, 2.75) is 19.9 Å². The van der Waals surface area contributed by atoms with Crippen LogP contribution in [0.1, 0.15) is 28.3 Å². The number of aryl methyl sites for hydroxylation is 2. The van der Waals surface area contributed by atoms with Gasteiger partial charge in [0.2, 0.25) is 0 Å². The minimum atomic E-state index is -0.0978. The molecule has 18 heavy (non-hydrogen) atoms. The van der Waals surface area contributed by atoms with Crippen molar-refractivity contribution in [1.29, 1.82) is 0 Å². The molecule has 0 aliphatic rings. The smallest absolute Gasteiger partial charge is 0.0555 e. The fraction of sp³-hybridized carbons (Fsp3) is 0.200. The molecule has 3 heteroatoms. The molecule has 0 saturated heterocycles. The van der Waals surface area contributed by atoms with Crippen LogP contribution in [-0.4, -0.2) is 0 Å². The van der Waals surface area contributed by atoms with Crippen LogP contribution in [0.5, 0.6) is 0 Å². The molecule has 94 valence electrons. The first kappa shape index (κ1) is 13.8. The summed E-state index contributed by atoms with van der Waals surface area (Å²) >= 11 is 7.00. The van der Waals surface area contributed by atoms with Gasteiger partial charge in [-0.15, -0.1) is 0 Å². The molecule has 0 aliphatic carbocycles. The molecule has 2 N–H and O–H groups in total. The van der Waals surface area contributed by atoms with Gasteiger partial charge in [-0.05, 0) is 48.7 Å². The Kier molecular flexibility index (Phi) is 4.25. The average Bonchev–Trinajstić information content (AvgIpc) is 2.26. The summed E-state index contributed by atoms with van der Waals surface area (Å²) in [6.07, 6.45) is 0. The summed E-state index contributed by atoms with van der Waals surface area (Å²) in [6.45, 7) is 4.20. The van der Waals surface area contributed by atoms with E-state index in [-0.39, 0.29) is 6.04 Å². The van der Waals surface area contributed by atoms with Crippen LogP contribution in [0.3, 0.4) is 0 Å². The molecule has 0 fully saturated rings. The van der Waals surface area contributed by atoms with Gasteiger partial charge in [0.1, 0.15) is 0 Å². The van der Waals surface area contributed by atoms with Gasteiger partial charge in [-0.3, -0.25) is 0 Å². The zero-order valence-corrected chi connectivity index (χ0v) is 13.5. The van der Waals surface area contributed by atoms with Gasteiger partial charge in [0, 0.05) is 8.95 Å². The second-order valence-electron chi connectivity index (χ2n) is 4.54. The van der Waals surface area contributed by atoms with Crippen LogP contribution >= 0.6 is 31.9 Å². The van der Waals surface area contributed by atoms with Crippen molar-refractivity contribution >= 4 is 31.9 Å². The monoisotopic (exact) mass is 367 g/mol. The molecule has 0 amide bonds. The zero-order chi connectivity index (χ0) is 13.3. The summed E-state index contributed by atoms with van der Waals surface area (Å²) in [5.74, 6) is 0. The first-order valence-electron chi connectivity index (χ1n) is 5.76. The van der Waals surface area contributed by atoms with Crippen LogP contribution in [0.4, 0.5) is 0 Å². The van der Waals surface area contributed by atoms with Crippen LogP contribution in [0.15, 0.2) is 45.3 Å². The highest BCUT2D eigenvalue weighted by Crippen LogP contribution is 2.28. The van der Waals surface area contributed by atoms with E-state index in [0.717, 1.165) is 14.5 Å². The van der Waals surface area contributed by atoms with Gasteiger partial charge in [0.25, 0.3) is 0 Å². The lowest BCUT2D eigenvalue weighted by atomic mass is 9.95. The van der Waals surface area contributed by atoms with Crippen LogP contribution < -0.4 is 5.73 Å². The normalized spacial score (nSPS) is 12.5. The van der Waals surface area contributed by atoms with Crippen molar-refractivity contribution < 1.29 is 0 Å². The molecule has 0 spiro atoms. The molecule has 1 nitrogen and oxygen atoms in total. The van der Waals surface area contributed by atoms with E-state index in [1.807, 2.05) is 6.07 Å². The third-order valence-corrected chi connectivity index (χ3v) is 3.92. The number of hydrogen-bond donors (Lipinski definition) is 1. The topological polar surface area (TPSA) is 26.0 Å². The van der Waals surface area contributed by atoms with E-state index >= 15 is 0 Å². The number of hydrogen-bond acceptors (Lipinski definition) is 1. The number of halogens is 2. The van der Waals surface area contributed by atoms with Crippen molar-refractivity contribution in [2.24, 2.45) is 5.73 Å². The van der Waals surface area contributed by atoms with Crippen LogP contribution in [0.2, 0.25) is 0 Å². The Bertz CT molecular complexity index is 558. The van der Waals surface area contributed by atoms with Crippen LogP contribution in [0, 0.1) is 13.8 Å². The molecule has 0 aliphatic heterocycles. The standard InChI is InChI=1S/C15H15Br2N/c1-9-3-4-14(10(2)5-9)15(18)11-6-12(16)8-13(17)7-11/h3-8,15H,18H2,1-2H3. The molecular weight excluding hydrogens is 354 g/mol. The maximum absolute atomic E-state index is 6.36. The lowest BCUT2D eigenvalue weighted by Crippen LogP contribution is -2.13. The maximum Gasteiger partial charge on any atom is 0.0555 e. The summed E-state index contributed by atoms with van der Waals surface area (Å²) in [5.41, 5.74) is 11.1. The first-order valence-corrected chi connectivity index (χ1v) is 7.34. The fourth-order valence-electron chi connectivity index (χ4n) is 2.11. The molecule has 0 saturated carbocycles. The Morgan fingerprint density at radius 3 is 2.11 bits per heavy atom. The van der Waals surface area contributed by atoms with E-state index < -0.39 is 0 Å². The molecule has 2 aromatic rings. The molecule has 0 radical (unpaired) electrons. The van der Waals surface area contributed by atoms with E-state index in [4.69, 9.17) is 5.73 Å². The third kappa shape index (κ3) is 3.02. The molecule has 0 aromatic heterocycles. The Labute approximate surface area is 125 Å². The van der Waals surface area contributed by atoms with Crippen LogP contribution in [0.25, 0.3) is 0 Å². The average molecular weight is 369 g/mol. The molecule has 1 unspecified atom stereocenters. The fourth-order valence-corrected chi connectivity index (χ4v) is 3.44. The Balaban J connectivity index is 2.44. The van der Waals surface area contributed by atoms with Crippen LogP contribution in [-0.2, 0) is 0 Å². The summed E-state index contributed by atoms with van der Waals surface area (Å²) in [6, 6.07) is 12.4. The summed E-state index contributed by atoms with van der Waals surface area (Å²) in [7, 11) is 0. The van der Waals surface area contributed by atoms with Crippen molar-refractivity contribution in [3.8, 4) is 0 Å². The van der Waals surface area contributed by atoms with Gasteiger partial charge in [-0.1, -0.05) is 55.6 Å². The Morgan fingerprint density at radius 1 is 0.944 bits per heavy atom. The second-order valence-corrected chi connectivity index (χ2v) is 6.37. The van der Waals surface area contributed by atoms with E-state index in [1.165, 1.54) is 16.7 Å². The number of rotatable bonds is 2. The predicted octanol–water partition coefficient (Wildman–Crippen LogP) is 4.88. The van der Waals surface area contributed by atoms with Gasteiger partial charge < -0.3 is 5.73 Å². The highest BCUT2D eigenvalue weighted by Gasteiger charge is 2.12. The maximum atomic E-state index is 6.36. The summed E-state index contributed by atoms with van der Waals surface area (Å²) in [4.78, 5) is 0. The van der Waals surface area contributed by atoms with Crippen molar-refractivity contribution in [3.05, 3.63) is 67.6 Å². The molecule has 2 aromatic carbocycles. The van der Waals surface area contributed by atoms with Gasteiger partial charge in [0.05, 0.1) is 6.04 Å². The highest BCUT2D eigenvalue weighted by molar-refractivity contribution is 9.11. The van der Waals surface area contributed by atoms with Gasteiger partial charge in [-0.25, -0.2) is 0 Å². The van der Waals surface area contributed by atoms with E-state index in [9.17, 15) is 0 Å². The lowest BCUT2D eigenvalue weighted by Gasteiger charge is -2.16. The largest absolute Gasteiger partial charge is 0.320 e. The summed E-state index contributed by atoms with van der Waals surface area (Å²) in [5, 5.41) is 0. The minimum absolute atomic E-state index is 0.0978. The predicted molar refractivity (Wildman–Crippen MR) is 83.8 cm³/mol.